The number of primary sulfonamides is 1. The van der Waals surface area contributed by atoms with Gasteiger partial charge in [-0.15, -0.1) is 0 Å². The first-order valence-electron chi connectivity index (χ1n) is 8.87. The number of imidazole rings is 1. The average Bonchev–Trinajstić information content (AvgIpc) is 3.28. The molecule has 0 radical (unpaired) electrons. The fourth-order valence-electron chi connectivity index (χ4n) is 3.55. The summed E-state index contributed by atoms with van der Waals surface area (Å²) in [5, 5.41) is 35.9. The zero-order valence-electron chi connectivity index (χ0n) is 15.7. The molecular formula is C17H18N6O7S. The number of nitrogen functional groups attached to an aromatic ring is 1. The van der Waals surface area contributed by atoms with E-state index in [2.05, 4.69) is 15.0 Å². The number of aromatic nitrogens is 4. The summed E-state index contributed by atoms with van der Waals surface area (Å²) in [7, 11) is -4.00. The topological polar surface area (TPSA) is 217 Å². The van der Waals surface area contributed by atoms with Crippen LogP contribution in [0, 0.1) is 0 Å². The molecule has 13 nitrogen and oxygen atoms in total. The van der Waals surface area contributed by atoms with E-state index in [9.17, 15) is 28.5 Å². The van der Waals surface area contributed by atoms with Crippen LogP contribution in [-0.4, -0.2) is 74.0 Å². The Morgan fingerprint density at radius 1 is 1.19 bits per heavy atom. The Hall–Kier alpha value is -3.01. The number of aliphatic hydroxyl groups is 3. The molecule has 7 N–H and O–H groups in total. The molecule has 4 atom stereocenters. The van der Waals surface area contributed by atoms with Crippen molar-refractivity contribution in [3.63, 3.8) is 0 Å². The molecule has 0 saturated carbocycles. The number of benzene rings is 1. The maximum atomic E-state index is 13.6. The summed E-state index contributed by atoms with van der Waals surface area (Å²) in [6, 6.07) is 4.59. The van der Waals surface area contributed by atoms with Crippen molar-refractivity contribution in [2.24, 2.45) is 5.14 Å². The minimum Gasteiger partial charge on any atom is -0.394 e. The lowest BCUT2D eigenvalue weighted by atomic mass is 9.93. The zero-order chi connectivity index (χ0) is 22.6. The highest BCUT2D eigenvalue weighted by molar-refractivity contribution is 7.89. The van der Waals surface area contributed by atoms with E-state index in [-0.39, 0.29) is 27.4 Å². The van der Waals surface area contributed by atoms with Crippen LogP contribution in [-0.2, 0) is 20.5 Å². The quantitative estimate of drug-likeness (QED) is 0.260. The molecular weight excluding hydrogens is 432 g/mol. The molecule has 1 fully saturated rings. The van der Waals surface area contributed by atoms with Gasteiger partial charge in [0.05, 0.1) is 11.5 Å². The van der Waals surface area contributed by atoms with Crippen LogP contribution < -0.4 is 10.9 Å². The lowest BCUT2D eigenvalue weighted by Gasteiger charge is -2.32. The van der Waals surface area contributed by atoms with Crippen LogP contribution in [0.15, 0.2) is 41.8 Å². The third kappa shape index (κ3) is 3.16. The third-order valence-electron chi connectivity index (χ3n) is 5.11. The van der Waals surface area contributed by atoms with Gasteiger partial charge in [-0.25, -0.2) is 28.5 Å². The Kier molecular flexibility index (Phi) is 5.00. The van der Waals surface area contributed by atoms with E-state index in [4.69, 9.17) is 15.6 Å². The van der Waals surface area contributed by atoms with Gasteiger partial charge in [-0.2, -0.15) is 0 Å². The largest absolute Gasteiger partial charge is 0.394 e. The second-order valence-electron chi connectivity index (χ2n) is 6.91. The van der Waals surface area contributed by atoms with Crippen molar-refractivity contribution in [1.82, 2.24) is 19.5 Å². The highest BCUT2D eigenvalue weighted by Crippen LogP contribution is 2.40. The molecule has 0 amide bonds. The number of Topliss-reactive ketones (excluding diaryl/α,β-unsaturated/α-hetero) is 1. The van der Waals surface area contributed by atoms with Crippen molar-refractivity contribution in [1.29, 1.82) is 0 Å². The number of nitrogens with zero attached hydrogens (tertiary/aromatic N) is 4. The molecule has 164 valence electrons. The molecule has 1 aromatic carbocycles. The van der Waals surface area contributed by atoms with Crippen LogP contribution >= 0.6 is 0 Å². The molecule has 1 aliphatic rings. The second-order valence-corrected chi connectivity index (χ2v) is 8.48. The van der Waals surface area contributed by atoms with Gasteiger partial charge in [-0.05, 0) is 24.3 Å². The van der Waals surface area contributed by atoms with E-state index < -0.39 is 46.5 Å². The van der Waals surface area contributed by atoms with Gasteiger partial charge >= 0.3 is 0 Å². The first-order valence-corrected chi connectivity index (χ1v) is 10.4. The Balaban J connectivity index is 1.92. The van der Waals surface area contributed by atoms with Gasteiger partial charge in [0.15, 0.2) is 11.5 Å². The Morgan fingerprint density at radius 2 is 1.87 bits per heavy atom. The van der Waals surface area contributed by atoms with Crippen molar-refractivity contribution >= 4 is 32.8 Å². The second kappa shape index (κ2) is 7.30. The molecule has 14 heteroatoms. The number of hydrogen-bond donors (Lipinski definition) is 5. The van der Waals surface area contributed by atoms with Crippen LogP contribution in [0.3, 0.4) is 0 Å². The van der Waals surface area contributed by atoms with Gasteiger partial charge in [0, 0.05) is 5.56 Å². The van der Waals surface area contributed by atoms with E-state index in [1.165, 1.54) is 12.1 Å². The number of rotatable bonds is 5. The highest BCUT2D eigenvalue weighted by Gasteiger charge is 2.60. The standard InChI is InChI=1S/C17H18N6O7S/c18-15-11-16(21-6-20-15)23(7-22-11)17(14(27)12(25)10(5-24)30-17)13(26)8-1-3-9(4-2-8)31(19,28)29/h1-4,6-7,10,12,14,24-25,27H,5H2,(H2,18,20,21)(H2,19,28,29)/t10-,12-,14-,17-/m1/s1. The van der Waals surface area contributed by atoms with Crippen LogP contribution in [0.2, 0.25) is 0 Å². The van der Waals surface area contributed by atoms with Gasteiger partial charge in [-0.3, -0.25) is 9.36 Å². The fraction of sp³-hybridized carbons (Fsp3) is 0.294. The predicted molar refractivity (Wildman–Crippen MR) is 104 cm³/mol. The molecule has 4 rings (SSSR count). The van der Waals surface area contributed by atoms with E-state index in [0.717, 1.165) is 29.4 Å². The van der Waals surface area contributed by atoms with Crippen LogP contribution in [0.25, 0.3) is 11.2 Å². The van der Waals surface area contributed by atoms with Gasteiger partial charge < -0.3 is 25.8 Å². The molecule has 0 unspecified atom stereocenters. The number of ketones is 1. The summed E-state index contributed by atoms with van der Waals surface area (Å²) >= 11 is 0. The van der Waals surface area contributed by atoms with Crippen molar-refractivity contribution in [3.8, 4) is 0 Å². The van der Waals surface area contributed by atoms with Crippen LogP contribution in [0.4, 0.5) is 5.82 Å². The molecule has 0 bridgehead atoms. The van der Waals surface area contributed by atoms with Crippen molar-refractivity contribution in [2.75, 3.05) is 12.3 Å². The lowest BCUT2D eigenvalue weighted by Crippen LogP contribution is -2.51. The van der Waals surface area contributed by atoms with Gasteiger partial charge in [0.1, 0.15) is 36.5 Å². The number of aliphatic hydroxyl groups excluding tert-OH is 3. The van der Waals surface area contributed by atoms with E-state index in [1.54, 1.807) is 0 Å². The zero-order valence-corrected chi connectivity index (χ0v) is 16.5. The molecule has 0 spiro atoms. The van der Waals surface area contributed by atoms with E-state index >= 15 is 0 Å². The molecule has 0 aliphatic carbocycles. The summed E-state index contributed by atoms with van der Waals surface area (Å²) < 4.78 is 29.8. The maximum absolute atomic E-state index is 13.6. The van der Waals surface area contributed by atoms with E-state index in [0.29, 0.717) is 0 Å². The maximum Gasteiger partial charge on any atom is 0.241 e. The van der Waals surface area contributed by atoms with Gasteiger partial charge in [-0.1, -0.05) is 0 Å². The SMILES string of the molecule is Nc1ncnc2c1ncn2[C@]1(C(=O)c2ccc(S(N)(=O)=O)cc2)O[C@H](CO)[C@@H](O)[C@H]1O. The van der Waals surface area contributed by atoms with Crippen molar-refractivity contribution in [3.05, 3.63) is 42.5 Å². The highest BCUT2D eigenvalue weighted by atomic mass is 32.2. The van der Waals surface area contributed by atoms with Crippen LogP contribution in [0.5, 0.6) is 0 Å². The first-order chi connectivity index (χ1) is 14.6. The van der Waals surface area contributed by atoms with E-state index in [1.807, 2.05) is 0 Å². The summed E-state index contributed by atoms with van der Waals surface area (Å²) in [5.41, 5.74) is 3.60. The Bertz CT molecular complexity index is 1260. The number of carbonyl (C=O) groups excluding carboxylic acids is 1. The molecule has 3 heterocycles. The summed E-state index contributed by atoms with van der Waals surface area (Å²) in [5.74, 6) is -0.844. The number of ether oxygens (including phenoxy) is 1. The van der Waals surface area contributed by atoms with Crippen LogP contribution in [0.1, 0.15) is 10.4 Å². The van der Waals surface area contributed by atoms with Crippen molar-refractivity contribution in [2.45, 2.75) is 28.9 Å². The summed E-state index contributed by atoms with van der Waals surface area (Å²) in [6.45, 7) is -0.693. The molecule has 2 aromatic heterocycles. The average molecular weight is 450 g/mol. The van der Waals surface area contributed by atoms with Crippen molar-refractivity contribution < 1.29 is 33.3 Å². The monoisotopic (exact) mass is 450 g/mol. The molecule has 1 aliphatic heterocycles. The summed E-state index contributed by atoms with van der Waals surface area (Å²) in [4.78, 5) is 25.3. The number of nitrogens with two attached hydrogens (primary N) is 2. The molecule has 3 aromatic rings. The predicted octanol–water partition coefficient (Wildman–Crippen LogP) is -2.30. The fourth-order valence-corrected chi connectivity index (χ4v) is 4.06. The smallest absolute Gasteiger partial charge is 0.241 e. The summed E-state index contributed by atoms with van der Waals surface area (Å²) in [6.07, 6.45) is -2.52. The number of fused-ring (bicyclic) bond motifs is 1. The molecule has 31 heavy (non-hydrogen) atoms. The number of hydrogen-bond acceptors (Lipinski definition) is 11. The van der Waals surface area contributed by atoms with Gasteiger partial charge in [0.25, 0.3) is 0 Å². The minimum atomic E-state index is -4.00. The Morgan fingerprint density at radius 3 is 2.45 bits per heavy atom. The minimum absolute atomic E-state index is 0.00981. The third-order valence-corrected chi connectivity index (χ3v) is 6.04. The normalized spacial score (nSPS) is 26.4. The molecule has 1 saturated heterocycles. The Labute approximate surface area is 175 Å². The van der Waals surface area contributed by atoms with Gasteiger partial charge in [0.2, 0.25) is 21.5 Å². The number of carbonyl (C=O) groups is 1. The number of anilines is 1. The lowest BCUT2D eigenvalue weighted by molar-refractivity contribution is -0.113. The first kappa shape index (κ1) is 21.2. The number of sulfonamides is 1.